The molecule has 0 bridgehead atoms. The summed E-state index contributed by atoms with van der Waals surface area (Å²) in [5, 5.41) is 3.70. The third-order valence-electron chi connectivity index (χ3n) is 4.26. The molecule has 20 heavy (non-hydrogen) atoms. The summed E-state index contributed by atoms with van der Waals surface area (Å²) in [4.78, 5) is 0. The Labute approximate surface area is 125 Å². The quantitative estimate of drug-likeness (QED) is 0.622. The molecule has 1 N–H and O–H groups in total. The second-order valence-electron chi connectivity index (χ2n) is 7.18. The lowest BCUT2D eigenvalue weighted by atomic mass is 9.86. The molecule has 1 aliphatic carbocycles. The van der Waals surface area contributed by atoms with Crippen LogP contribution in [0.5, 0.6) is 0 Å². The van der Waals surface area contributed by atoms with Crippen LogP contribution in [0.15, 0.2) is 0 Å². The van der Waals surface area contributed by atoms with E-state index in [4.69, 9.17) is 9.47 Å². The van der Waals surface area contributed by atoms with Crippen LogP contribution in [-0.2, 0) is 9.47 Å². The molecule has 0 amide bonds. The highest BCUT2D eigenvalue weighted by Gasteiger charge is 2.25. The molecule has 1 aliphatic rings. The van der Waals surface area contributed by atoms with Gasteiger partial charge < -0.3 is 14.8 Å². The summed E-state index contributed by atoms with van der Waals surface area (Å²) in [6.07, 6.45) is 8.20. The topological polar surface area (TPSA) is 30.5 Å². The van der Waals surface area contributed by atoms with Crippen LogP contribution in [0, 0.1) is 11.8 Å². The largest absolute Gasteiger partial charge is 0.382 e. The smallest absolute Gasteiger partial charge is 0.0700 e. The minimum absolute atomic E-state index is 0.228. The van der Waals surface area contributed by atoms with Gasteiger partial charge in [0.1, 0.15) is 0 Å². The van der Waals surface area contributed by atoms with Crippen molar-refractivity contribution >= 4 is 0 Å². The molecule has 3 nitrogen and oxygen atoms in total. The fourth-order valence-electron chi connectivity index (χ4n) is 3.06. The molecule has 1 rings (SSSR count). The van der Waals surface area contributed by atoms with Crippen molar-refractivity contribution in [2.45, 2.75) is 64.8 Å². The van der Waals surface area contributed by atoms with E-state index in [-0.39, 0.29) is 5.54 Å². The predicted molar refractivity (Wildman–Crippen MR) is 85.1 cm³/mol. The van der Waals surface area contributed by atoms with Crippen LogP contribution in [0.4, 0.5) is 0 Å². The van der Waals surface area contributed by atoms with E-state index in [1.54, 1.807) is 7.11 Å². The van der Waals surface area contributed by atoms with Crippen LogP contribution >= 0.6 is 0 Å². The highest BCUT2D eigenvalue weighted by atomic mass is 16.5. The Morgan fingerprint density at radius 2 is 1.80 bits per heavy atom. The van der Waals surface area contributed by atoms with Gasteiger partial charge in [0, 0.05) is 19.3 Å². The zero-order valence-corrected chi connectivity index (χ0v) is 14.0. The zero-order valence-electron chi connectivity index (χ0n) is 14.0. The first-order valence-corrected chi connectivity index (χ1v) is 8.34. The Kier molecular flexibility index (Phi) is 8.74. The Morgan fingerprint density at radius 3 is 2.40 bits per heavy atom. The molecule has 120 valence electrons. The summed E-state index contributed by atoms with van der Waals surface area (Å²) in [5.74, 6) is 1.76. The summed E-state index contributed by atoms with van der Waals surface area (Å²) in [6, 6.07) is 0. The van der Waals surface area contributed by atoms with Gasteiger partial charge in [-0.15, -0.1) is 0 Å². The van der Waals surface area contributed by atoms with E-state index >= 15 is 0 Å². The first kappa shape index (κ1) is 17.9. The molecule has 0 spiro atoms. The van der Waals surface area contributed by atoms with Crippen molar-refractivity contribution in [2.75, 3.05) is 33.5 Å². The summed E-state index contributed by atoms with van der Waals surface area (Å²) >= 11 is 0. The maximum absolute atomic E-state index is 5.59. The summed E-state index contributed by atoms with van der Waals surface area (Å²) in [7, 11) is 1.72. The Hall–Kier alpha value is -0.120. The minimum Gasteiger partial charge on any atom is -0.382 e. The third kappa shape index (κ3) is 8.23. The van der Waals surface area contributed by atoms with Gasteiger partial charge in [-0.1, -0.05) is 25.7 Å². The van der Waals surface area contributed by atoms with Gasteiger partial charge in [0.2, 0.25) is 0 Å². The van der Waals surface area contributed by atoms with Gasteiger partial charge in [-0.05, 0) is 52.0 Å². The molecule has 1 saturated carbocycles. The average Bonchev–Trinajstić information content (AvgIpc) is 2.89. The van der Waals surface area contributed by atoms with Gasteiger partial charge in [0.05, 0.1) is 13.2 Å². The van der Waals surface area contributed by atoms with E-state index in [0.29, 0.717) is 6.61 Å². The van der Waals surface area contributed by atoms with Crippen LogP contribution < -0.4 is 5.32 Å². The second kappa shape index (κ2) is 9.75. The Balaban J connectivity index is 2.23. The summed E-state index contributed by atoms with van der Waals surface area (Å²) in [5.41, 5.74) is 0.228. The van der Waals surface area contributed by atoms with Crippen molar-refractivity contribution < 1.29 is 9.47 Å². The van der Waals surface area contributed by atoms with Gasteiger partial charge in [0.15, 0.2) is 0 Å². The van der Waals surface area contributed by atoms with Crippen molar-refractivity contribution in [1.82, 2.24) is 5.32 Å². The molecule has 0 heterocycles. The van der Waals surface area contributed by atoms with Crippen molar-refractivity contribution in [3.05, 3.63) is 0 Å². The van der Waals surface area contributed by atoms with Crippen molar-refractivity contribution in [3.8, 4) is 0 Å². The lowest BCUT2D eigenvalue weighted by molar-refractivity contribution is 0.0658. The number of rotatable bonds is 10. The molecule has 3 heteroatoms. The monoisotopic (exact) mass is 285 g/mol. The van der Waals surface area contributed by atoms with E-state index in [1.807, 2.05) is 0 Å². The molecule has 1 fully saturated rings. The average molecular weight is 285 g/mol. The molecule has 0 aromatic heterocycles. The van der Waals surface area contributed by atoms with Crippen molar-refractivity contribution in [2.24, 2.45) is 11.8 Å². The standard InChI is InChI=1S/C17H35NO2/c1-17(2,3)18-14-16(15-8-5-6-9-15)10-7-11-20-13-12-19-4/h15-16,18H,5-14H2,1-4H3. The van der Waals surface area contributed by atoms with E-state index in [1.165, 1.54) is 38.5 Å². The minimum atomic E-state index is 0.228. The number of hydrogen-bond donors (Lipinski definition) is 1. The van der Waals surface area contributed by atoms with Crippen molar-refractivity contribution in [3.63, 3.8) is 0 Å². The number of methoxy groups -OCH3 is 1. The maximum atomic E-state index is 5.59. The molecule has 1 atom stereocenters. The van der Waals surface area contributed by atoms with E-state index in [2.05, 4.69) is 26.1 Å². The number of nitrogens with one attached hydrogen (secondary N) is 1. The Bertz CT molecular complexity index is 232. The Morgan fingerprint density at radius 1 is 1.10 bits per heavy atom. The van der Waals surface area contributed by atoms with E-state index in [0.717, 1.165) is 31.6 Å². The molecule has 0 saturated heterocycles. The van der Waals surface area contributed by atoms with Gasteiger partial charge >= 0.3 is 0 Å². The summed E-state index contributed by atoms with van der Waals surface area (Å²) < 4.78 is 10.6. The molecule has 0 radical (unpaired) electrons. The van der Waals surface area contributed by atoms with E-state index in [9.17, 15) is 0 Å². The first-order valence-electron chi connectivity index (χ1n) is 8.34. The molecule has 0 aromatic rings. The SMILES string of the molecule is COCCOCCCC(CNC(C)(C)C)C1CCCC1. The molecular formula is C17H35NO2. The second-order valence-corrected chi connectivity index (χ2v) is 7.18. The maximum Gasteiger partial charge on any atom is 0.0700 e. The molecule has 0 aromatic carbocycles. The van der Waals surface area contributed by atoms with Crippen LogP contribution in [0.2, 0.25) is 0 Å². The highest BCUT2D eigenvalue weighted by molar-refractivity contribution is 4.80. The molecule has 0 aliphatic heterocycles. The first-order chi connectivity index (χ1) is 9.53. The zero-order chi connectivity index (χ0) is 14.8. The molecular weight excluding hydrogens is 250 g/mol. The lowest BCUT2D eigenvalue weighted by Gasteiger charge is -2.29. The predicted octanol–water partition coefficient (Wildman–Crippen LogP) is 3.62. The number of hydrogen-bond acceptors (Lipinski definition) is 3. The summed E-state index contributed by atoms with van der Waals surface area (Å²) in [6.45, 7) is 10.2. The highest BCUT2D eigenvalue weighted by Crippen LogP contribution is 2.33. The van der Waals surface area contributed by atoms with Gasteiger partial charge in [0.25, 0.3) is 0 Å². The lowest BCUT2D eigenvalue weighted by Crippen LogP contribution is -2.40. The van der Waals surface area contributed by atoms with Gasteiger partial charge in [-0.2, -0.15) is 0 Å². The van der Waals surface area contributed by atoms with Crippen LogP contribution in [0.25, 0.3) is 0 Å². The van der Waals surface area contributed by atoms with Gasteiger partial charge in [-0.25, -0.2) is 0 Å². The van der Waals surface area contributed by atoms with Crippen LogP contribution in [0.1, 0.15) is 59.3 Å². The van der Waals surface area contributed by atoms with Gasteiger partial charge in [-0.3, -0.25) is 0 Å². The fraction of sp³-hybridized carbons (Fsp3) is 1.00. The van der Waals surface area contributed by atoms with Crippen LogP contribution in [0.3, 0.4) is 0 Å². The number of ether oxygens (including phenoxy) is 2. The van der Waals surface area contributed by atoms with Crippen LogP contribution in [-0.4, -0.2) is 39.0 Å². The van der Waals surface area contributed by atoms with Crippen molar-refractivity contribution in [1.29, 1.82) is 0 Å². The third-order valence-corrected chi connectivity index (χ3v) is 4.26. The van der Waals surface area contributed by atoms with E-state index < -0.39 is 0 Å². The fourth-order valence-corrected chi connectivity index (χ4v) is 3.06. The normalized spacial score (nSPS) is 18.6. The molecule has 1 unspecified atom stereocenters.